The summed E-state index contributed by atoms with van der Waals surface area (Å²) in [5, 5.41) is 0. The summed E-state index contributed by atoms with van der Waals surface area (Å²) in [5.74, 6) is 0.497. The van der Waals surface area contributed by atoms with Gasteiger partial charge in [-0.25, -0.2) is 0 Å². The normalized spacial score (nSPS) is 20.7. The van der Waals surface area contributed by atoms with Gasteiger partial charge in [0.1, 0.15) is 0 Å². The molecule has 1 unspecified atom stereocenters. The van der Waals surface area contributed by atoms with Crippen LogP contribution in [0.4, 0.5) is 5.69 Å². The van der Waals surface area contributed by atoms with E-state index in [2.05, 4.69) is 29.2 Å². The first kappa shape index (κ1) is 10.7. The molecule has 1 aromatic rings. The third kappa shape index (κ3) is 2.22. The standard InChI is InChI=1S/C12H12INO/c1-2-9-6-12(15)14(8-9)11-5-3-4-10(13)7-11/h2-5,7,9H,1,6,8H2. The maximum absolute atomic E-state index is 11.7. The highest BCUT2D eigenvalue weighted by Gasteiger charge is 2.28. The minimum absolute atomic E-state index is 0.196. The molecule has 0 aliphatic carbocycles. The maximum Gasteiger partial charge on any atom is 0.227 e. The molecule has 78 valence electrons. The van der Waals surface area contributed by atoms with Crippen molar-refractivity contribution in [3.63, 3.8) is 0 Å². The number of amides is 1. The fourth-order valence-electron chi connectivity index (χ4n) is 1.79. The first-order valence-corrected chi connectivity index (χ1v) is 5.97. The summed E-state index contributed by atoms with van der Waals surface area (Å²) in [5.41, 5.74) is 0.997. The van der Waals surface area contributed by atoms with Gasteiger partial charge in [-0.05, 0) is 40.8 Å². The predicted octanol–water partition coefficient (Wildman–Crippen LogP) is 2.83. The summed E-state index contributed by atoms with van der Waals surface area (Å²) in [6.45, 7) is 4.51. The molecule has 15 heavy (non-hydrogen) atoms. The lowest BCUT2D eigenvalue weighted by atomic mass is 10.1. The van der Waals surface area contributed by atoms with Crippen molar-refractivity contribution in [2.75, 3.05) is 11.4 Å². The lowest BCUT2D eigenvalue weighted by Crippen LogP contribution is -2.24. The van der Waals surface area contributed by atoms with Crippen molar-refractivity contribution in [3.05, 3.63) is 40.5 Å². The molecule has 1 aromatic carbocycles. The fourth-order valence-corrected chi connectivity index (χ4v) is 2.31. The molecule has 0 aromatic heterocycles. The van der Waals surface area contributed by atoms with Crippen LogP contribution in [0, 0.1) is 9.49 Å². The van der Waals surface area contributed by atoms with Gasteiger partial charge in [0.25, 0.3) is 0 Å². The van der Waals surface area contributed by atoms with Crippen LogP contribution in [0.25, 0.3) is 0 Å². The number of rotatable bonds is 2. The van der Waals surface area contributed by atoms with E-state index in [-0.39, 0.29) is 5.91 Å². The molecule has 0 saturated carbocycles. The Balaban J connectivity index is 2.25. The summed E-state index contributed by atoms with van der Waals surface area (Å²) in [7, 11) is 0. The van der Waals surface area contributed by atoms with E-state index in [1.165, 1.54) is 0 Å². The number of carbonyl (C=O) groups is 1. The predicted molar refractivity (Wildman–Crippen MR) is 69.8 cm³/mol. The molecule has 1 fully saturated rings. The fraction of sp³-hybridized carbons (Fsp3) is 0.250. The zero-order chi connectivity index (χ0) is 10.8. The molecule has 1 saturated heterocycles. The van der Waals surface area contributed by atoms with E-state index in [4.69, 9.17) is 0 Å². The van der Waals surface area contributed by atoms with Gasteiger partial charge >= 0.3 is 0 Å². The number of anilines is 1. The number of nitrogens with zero attached hydrogens (tertiary/aromatic N) is 1. The summed E-state index contributed by atoms with van der Waals surface area (Å²) < 4.78 is 1.15. The molecule has 0 N–H and O–H groups in total. The van der Waals surface area contributed by atoms with Crippen LogP contribution >= 0.6 is 22.6 Å². The van der Waals surface area contributed by atoms with Crippen LogP contribution in [0.5, 0.6) is 0 Å². The van der Waals surface area contributed by atoms with Crippen molar-refractivity contribution in [2.24, 2.45) is 5.92 Å². The summed E-state index contributed by atoms with van der Waals surface area (Å²) in [4.78, 5) is 13.6. The van der Waals surface area contributed by atoms with E-state index in [0.717, 1.165) is 15.8 Å². The van der Waals surface area contributed by atoms with Crippen molar-refractivity contribution in [3.8, 4) is 0 Å². The Kier molecular flexibility index (Phi) is 3.09. The van der Waals surface area contributed by atoms with Crippen molar-refractivity contribution in [2.45, 2.75) is 6.42 Å². The van der Waals surface area contributed by atoms with Crippen molar-refractivity contribution >= 4 is 34.2 Å². The van der Waals surface area contributed by atoms with Gasteiger partial charge in [0.15, 0.2) is 0 Å². The molecule has 1 heterocycles. The monoisotopic (exact) mass is 313 g/mol. The Morgan fingerprint density at radius 3 is 2.93 bits per heavy atom. The molecular weight excluding hydrogens is 301 g/mol. The molecule has 0 radical (unpaired) electrons. The number of benzene rings is 1. The second-order valence-electron chi connectivity index (χ2n) is 3.68. The van der Waals surface area contributed by atoms with Crippen LogP contribution in [0.3, 0.4) is 0 Å². The minimum Gasteiger partial charge on any atom is -0.312 e. The zero-order valence-corrected chi connectivity index (χ0v) is 10.5. The van der Waals surface area contributed by atoms with Crippen LogP contribution in [0.1, 0.15) is 6.42 Å². The Morgan fingerprint density at radius 2 is 2.33 bits per heavy atom. The topological polar surface area (TPSA) is 20.3 Å². The number of hydrogen-bond donors (Lipinski definition) is 0. The van der Waals surface area contributed by atoms with E-state index >= 15 is 0 Å². The van der Waals surface area contributed by atoms with E-state index in [9.17, 15) is 4.79 Å². The number of hydrogen-bond acceptors (Lipinski definition) is 1. The maximum atomic E-state index is 11.7. The second-order valence-corrected chi connectivity index (χ2v) is 4.93. The van der Waals surface area contributed by atoms with E-state index in [0.29, 0.717) is 12.3 Å². The molecular formula is C12H12INO. The third-order valence-electron chi connectivity index (χ3n) is 2.61. The van der Waals surface area contributed by atoms with Crippen LogP contribution in [-0.4, -0.2) is 12.5 Å². The van der Waals surface area contributed by atoms with Gasteiger partial charge in [0, 0.05) is 28.1 Å². The lowest BCUT2D eigenvalue weighted by molar-refractivity contribution is -0.117. The molecule has 0 bridgehead atoms. The second kappa shape index (κ2) is 4.35. The van der Waals surface area contributed by atoms with Crippen molar-refractivity contribution in [1.82, 2.24) is 0 Å². The summed E-state index contributed by atoms with van der Waals surface area (Å²) in [6, 6.07) is 8.01. The largest absolute Gasteiger partial charge is 0.312 e. The van der Waals surface area contributed by atoms with E-state index in [1.807, 2.05) is 35.2 Å². The van der Waals surface area contributed by atoms with Gasteiger partial charge in [0.2, 0.25) is 5.91 Å². The van der Waals surface area contributed by atoms with Crippen molar-refractivity contribution in [1.29, 1.82) is 0 Å². The third-order valence-corrected chi connectivity index (χ3v) is 3.28. The van der Waals surface area contributed by atoms with Gasteiger partial charge in [-0.15, -0.1) is 6.58 Å². The highest BCUT2D eigenvalue weighted by Crippen LogP contribution is 2.26. The van der Waals surface area contributed by atoms with Gasteiger partial charge < -0.3 is 4.90 Å². The van der Waals surface area contributed by atoms with Crippen LogP contribution in [-0.2, 0) is 4.79 Å². The van der Waals surface area contributed by atoms with Gasteiger partial charge in [0.05, 0.1) is 0 Å². The summed E-state index contributed by atoms with van der Waals surface area (Å²) >= 11 is 2.26. The smallest absolute Gasteiger partial charge is 0.227 e. The van der Waals surface area contributed by atoms with Crippen molar-refractivity contribution < 1.29 is 4.79 Å². The number of halogens is 1. The molecule has 2 nitrogen and oxygen atoms in total. The van der Waals surface area contributed by atoms with Gasteiger partial charge in [-0.3, -0.25) is 4.79 Å². The molecule has 2 rings (SSSR count). The lowest BCUT2D eigenvalue weighted by Gasteiger charge is -2.16. The number of carbonyl (C=O) groups excluding carboxylic acids is 1. The van der Waals surface area contributed by atoms with Gasteiger partial charge in [-0.2, -0.15) is 0 Å². The molecule has 0 spiro atoms. The molecule has 1 aliphatic rings. The molecule has 1 amide bonds. The Hall–Kier alpha value is -0.840. The van der Waals surface area contributed by atoms with Crippen LogP contribution in [0.2, 0.25) is 0 Å². The average molecular weight is 313 g/mol. The van der Waals surface area contributed by atoms with E-state index in [1.54, 1.807) is 0 Å². The molecule has 1 aliphatic heterocycles. The average Bonchev–Trinajstić information content (AvgIpc) is 2.60. The van der Waals surface area contributed by atoms with Gasteiger partial charge in [-0.1, -0.05) is 12.1 Å². The summed E-state index contributed by atoms with van der Waals surface area (Å²) in [6.07, 6.45) is 2.46. The molecule has 3 heteroatoms. The zero-order valence-electron chi connectivity index (χ0n) is 8.32. The van der Waals surface area contributed by atoms with E-state index < -0.39 is 0 Å². The molecule has 1 atom stereocenters. The van der Waals surface area contributed by atoms with Crippen LogP contribution in [0.15, 0.2) is 36.9 Å². The Morgan fingerprint density at radius 1 is 1.53 bits per heavy atom. The van der Waals surface area contributed by atoms with Crippen LogP contribution < -0.4 is 4.90 Å². The SMILES string of the molecule is C=CC1CC(=O)N(c2cccc(I)c2)C1. The first-order valence-electron chi connectivity index (χ1n) is 4.89. The quantitative estimate of drug-likeness (QED) is 0.607. The Bertz CT molecular complexity index is 402. The highest BCUT2D eigenvalue weighted by molar-refractivity contribution is 14.1. The Labute approximate surface area is 103 Å². The minimum atomic E-state index is 0.196. The first-order chi connectivity index (χ1) is 7.20. The highest BCUT2D eigenvalue weighted by atomic mass is 127.